The molecule has 0 aromatic carbocycles. The molecular formula is C10H12N2O2. The number of hydrogen-bond donors (Lipinski definition) is 1. The van der Waals surface area contributed by atoms with E-state index in [0.29, 0.717) is 5.76 Å². The van der Waals surface area contributed by atoms with Gasteiger partial charge in [-0.3, -0.25) is 0 Å². The van der Waals surface area contributed by atoms with Gasteiger partial charge in [0.1, 0.15) is 6.07 Å². The van der Waals surface area contributed by atoms with Crippen molar-refractivity contribution in [2.24, 2.45) is 0 Å². The van der Waals surface area contributed by atoms with Crippen LogP contribution in [0.15, 0.2) is 16.5 Å². The molecule has 0 bridgehead atoms. The number of aliphatic hydroxyl groups is 1. The molecule has 1 N–H and O–H groups in total. The van der Waals surface area contributed by atoms with Crippen molar-refractivity contribution in [1.29, 1.82) is 5.26 Å². The summed E-state index contributed by atoms with van der Waals surface area (Å²) in [5.41, 5.74) is 0. The Hall–Kier alpha value is -1.47. The van der Waals surface area contributed by atoms with Gasteiger partial charge in [0, 0.05) is 19.2 Å². The molecule has 1 aliphatic heterocycles. The molecule has 2 rings (SSSR count). The van der Waals surface area contributed by atoms with Crippen LogP contribution in [-0.2, 0) is 0 Å². The molecule has 0 atom stereocenters. The molecule has 4 heteroatoms. The topological polar surface area (TPSA) is 60.4 Å². The predicted molar refractivity (Wildman–Crippen MR) is 50.9 cm³/mol. The van der Waals surface area contributed by atoms with Crippen LogP contribution in [0.2, 0.25) is 0 Å². The molecule has 4 nitrogen and oxygen atoms in total. The van der Waals surface area contributed by atoms with Gasteiger partial charge in [-0.15, -0.1) is 0 Å². The fourth-order valence-electron chi connectivity index (χ4n) is 1.64. The lowest BCUT2D eigenvalue weighted by Crippen LogP contribution is -2.35. The summed E-state index contributed by atoms with van der Waals surface area (Å²) in [6, 6.07) is 5.42. The zero-order chi connectivity index (χ0) is 9.97. The number of rotatable bonds is 1. The molecule has 1 saturated heterocycles. The molecule has 0 aliphatic carbocycles. The summed E-state index contributed by atoms with van der Waals surface area (Å²) in [5.74, 6) is 1.07. The van der Waals surface area contributed by atoms with E-state index in [1.54, 1.807) is 12.1 Å². The average molecular weight is 192 g/mol. The third-order valence-corrected chi connectivity index (χ3v) is 2.48. The molecule has 1 aromatic rings. The first-order chi connectivity index (χ1) is 6.79. The van der Waals surface area contributed by atoms with Crippen molar-refractivity contribution >= 4 is 5.88 Å². The minimum absolute atomic E-state index is 0.184. The lowest BCUT2D eigenvalue weighted by atomic mass is 10.1. The van der Waals surface area contributed by atoms with Crippen LogP contribution in [0, 0.1) is 11.3 Å². The second-order valence-corrected chi connectivity index (χ2v) is 3.47. The minimum Gasteiger partial charge on any atom is -0.430 e. The van der Waals surface area contributed by atoms with Crippen LogP contribution in [0.25, 0.3) is 0 Å². The maximum Gasteiger partial charge on any atom is 0.206 e. The molecule has 0 unspecified atom stereocenters. The third kappa shape index (κ3) is 1.73. The summed E-state index contributed by atoms with van der Waals surface area (Å²) in [6.07, 6.45) is 1.35. The molecule has 0 amide bonds. The Labute approximate surface area is 82.4 Å². The number of furan rings is 1. The summed E-state index contributed by atoms with van der Waals surface area (Å²) in [7, 11) is 0. The number of piperidine rings is 1. The maximum absolute atomic E-state index is 9.32. The van der Waals surface area contributed by atoms with E-state index >= 15 is 0 Å². The second-order valence-electron chi connectivity index (χ2n) is 3.47. The fraction of sp³-hybridized carbons (Fsp3) is 0.500. The molecule has 1 fully saturated rings. The quantitative estimate of drug-likeness (QED) is 0.724. The highest BCUT2D eigenvalue weighted by molar-refractivity contribution is 5.39. The van der Waals surface area contributed by atoms with Gasteiger partial charge in [0.15, 0.2) is 5.88 Å². The van der Waals surface area contributed by atoms with E-state index in [2.05, 4.69) is 0 Å². The normalized spacial score (nSPS) is 18.1. The first-order valence-corrected chi connectivity index (χ1v) is 4.72. The Balaban J connectivity index is 2.05. The molecule has 0 saturated carbocycles. The van der Waals surface area contributed by atoms with E-state index in [1.165, 1.54) is 0 Å². The second kappa shape index (κ2) is 3.72. The molecule has 1 aromatic heterocycles. The van der Waals surface area contributed by atoms with E-state index in [0.717, 1.165) is 31.8 Å². The Morgan fingerprint density at radius 2 is 2.14 bits per heavy atom. The van der Waals surface area contributed by atoms with E-state index in [-0.39, 0.29) is 6.10 Å². The van der Waals surface area contributed by atoms with Crippen molar-refractivity contribution < 1.29 is 9.52 Å². The standard InChI is InChI=1S/C10H12N2O2/c11-7-9-1-2-10(14-9)12-5-3-8(13)4-6-12/h1-2,8,13H,3-6H2. The van der Waals surface area contributed by atoms with Crippen LogP contribution in [-0.4, -0.2) is 24.3 Å². The molecule has 1 aliphatic rings. The Kier molecular flexibility index (Phi) is 2.42. The van der Waals surface area contributed by atoms with Crippen LogP contribution in [0.3, 0.4) is 0 Å². The predicted octanol–water partition coefficient (Wildman–Crippen LogP) is 1.11. The van der Waals surface area contributed by atoms with Gasteiger partial charge >= 0.3 is 0 Å². The van der Waals surface area contributed by atoms with Crippen LogP contribution in [0.5, 0.6) is 0 Å². The number of hydrogen-bond acceptors (Lipinski definition) is 4. The first kappa shape index (κ1) is 9.10. The van der Waals surface area contributed by atoms with Gasteiger partial charge in [-0.1, -0.05) is 0 Å². The molecule has 14 heavy (non-hydrogen) atoms. The first-order valence-electron chi connectivity index (χ1n) is 4.72. The summed E-state index contributed by atoms with van der Waals surface area (Å²) in [4.78, 5) is 2.05. The van der Waals surface area contributed by atoms with Gasteiger partial charge in [-0.05, 0) is 18.9 Å². The van der Waals surface area contributed by atoms with E-state index in [4.69, 9.17) is 9.68 Å². The lowest BCUT2D eigenvalue weighted by molar-refractivity contribution is 0.144. The van der Waals surface area contributed by atoms with Crippen LogP contribution < -0.4 is 4.90 Å². The van der Waals surface area contributed by atoms with Gasteiger partial charge < -0.3 is 14.4 Å². The lowest BCUT2D eigenvalue weighted by Gasteiger charge is -2.28. The van der Waals surface area contributed by atoms with E-state index < -0.39 is 0 Å². The van der Waals surface area contributed by atoms with Gasteiger partial charge in [-0.2, -0.15) is 5.26 Å². The van der Waals surface area contributed by atoms with Crippen molar-refractivity contribution in [3.8, 4) is 6.07 Å². The van der Waals surface area contributed by atoms with Crippen molar-refractivity contribution in [2.75, 3.05) is 18.0 Å². The van der Waals surface area contributed by atoms with Gasteiger partial charge in [0.05, 0.1) is 6.10 Å². The van der Waals surface area contributed by atoms with Crippen LogP contribution in [0.4, 0.5) is 5.88 Å². The highest BCUT2D eigenvalue weighted by Gasteiger charge is 2.19. The number of anilines is 1. The number of nitrogens with zero attached hydrogens (tertiary/aromatic N) is 2. The molecule has 0 radical (unpaired) electrons. The maximum atomic E-state index is 9.32. The SMILES string of the molecule is N#Cc1ccc(N2CCC(O)CC2)o1. The fourth-order valence-corrected chi connectivity index (χ4v) is 1.64. The monoisotopic (exact) mass is 192 g/mol. The van der Waals surface area contributed by atoms with Crippen LogP contribution in [0.1, 0.15) is 18.6 Å². The summed E-state index contributed by atoms with van der Waals surface area (Å²) in [6.45, 7) is 1.58. The van der Waals surface area contributed by atoms with E-state index in [9.17, 15) is 5.11 Å². The molecule has 74 valence electrons. The highest BCUT2D eigenvalue weighted by atomic mass is 16.4. The van der Waals surface area contributed by atoms with Crippen molar-refractivity contribution in [3.05, 3.63) is 17.9 Å². The molecule has 0 spiro atoms. The largest absolute Gasteiger partial charge is 0.430 e. The number of aliphatic hydroxyl groups excluding tert-OH is 1. The van der Waals surface area contributed by atoms with Crippen LogP contribution >= 0.6 is 0 Å². The van der Waals surface area contributed by atoms with Crippen molar-refractivity contribution in [3.63, 3.8) is 0 Å². The number of nitriles is 1. The van der Waals surface area contributed by atoms with Gasteiger partial charge in [0.25, 0.3) is 0 Å². The Bertz CT molecular complexity index is 345. The summed E-state index contributed by atoms with van der Waals surface area (Å²) in [5, 5.41) is 17.9. The van der Waals surface area contributed by atoms with Gasteiger partial charge in [0.2, 0.25) is 5.76 Å². The zero-order valence-corrected chi connectivity index (χ0v) is 7.81. The Morgan fingerprint density at radius 1 is 1.43 bits per heavy atom. The smallest absolute Gasteiger partial charge is 0.206 e. The summed E-state index contributed by atoms with van der Waals surface area (Å²) >= 11 is 0. The summed E-state index contributed by atoms with van der Waals surface area (Å²) < 4.78 is 5.29. The Morgan fingerprint density at radius 3 is 2.71 bits per heavy atom. The van der Waals surface area contributed by atoms with E-state index in [1.807, 2.05) is 11.0 Å². The third-order valence-electron chi connectivity index (χ3n) is 2.48. The highest BCUT2D eigenvalue weighted by Crippen LogP contribution is 2.22. The van der Waals surface area contributed by atoms with Crippen molar-refractivity contribution in [2.45, 2.75) is 18.9 Å². The van der Waals surface area contributed by atoms with Crippen molar-refractivity contribution in [1.82, 2.24) is 0 Å². The zero-order valence-electron chi connectivity index (χ0n) is 7.81. The molecular weight excluding hydrogens is 180 g/mol. The average Bonchev–Trinajstić information content (AvgIpc) is 2.67. The van der Waals surface area contributed by atoms with Gasteiger partial charge in [-0.25, -0.2) is 0 Å². The minimum atomic E-state index is -0.184. The molecule has 2 heterocycles.